The van der Waals surface area contributed by atoms with Crippen LogP contribution in [0.4, 0.5) is 13.2 Å². The monoisotopic (exact) mass is 281 g/mol. The first-order chi connectivity index (χ1) is 9.49. The zero-order valence-electron chi connectivity index (χ0n) is 10.9. The van der Waals surface area contributed by atoms with Gasteiger partial charge in [0.2, 0.25) is 0 Å². The fourth-order valence-corrected chi connectivity index (χ4v) is 1.73. The van der Waals surface area contributed by atoms with Crippen LogP contribution in [0.3, 0.4) is 0 Å². The highest BCUT2D eigenvalue weighted by Crippen LogP contribution is 2.31. The van der Waals surface area contributed by atoms with E-state index in [0.29, 0.717) is 11.5 Å². The van der Waals surface area contributed by atoms with Gasteiger partial charge in [0.15, 0.2) is 0 Å². The Morgan fingerprint density at radius 2 is 1.40 bits per heavy atom. The first kappa shape index (κ1) is 14.4. The number of hydrogen-bond donors (Lipinski definition) is 1. The number of benzene rings is 2. The molecular weight excluding hydrogens is 267 g/mol. The van der Waals surface area contributed by atoms with E-state index < -0.39 is 11.7 Å². The minimum atomic E-state index is -4.33. The fraction of sp³-hybridized carbons (Fsp3) is 0.200. The molecule has 0 unspecified atom stereocenters. The van der Waals surface area contributed by atoms with Gasteiger partial charge in [-0.2, -0.15) is 13.2 Å². The molecular formula is C15H14F3NO. The number of nitrogens with one attached hydrogen (secondary N) is 1. The molecule has 0 spiro atoms. The van der Waals surface area contributed by atoms with Gasteiger partial charge in [-0.1, -0.05) is 12.1 Å². The minimum Gasteiger partial charge on any atom is -0.457 e. The van der Waals surface area contributed by atoms with Crippen LogP contribution >= 0.6 is 0 Å². The van der Waals surface area contributed by atoms with E-state index in [1.807, 2.05) is 19.2 Å². The Bertz CT molecular complexity index is 547. The smallest absolute Gasteiger partial charge is 0.416 e. The summed E-state index contributed by atoms with van der Waals surface area (Å²) in [5, 5.41) is 3.03. The second-order valence-corrected chi connectivity index (χ2v) is 4.30. The van der Waals surface area contributed by atoms with Crippen molar-refractivity contribution in [3.8, 4) is 11.5 Å². The summed E-state index contributed by atoms with van der Waals surface area (Å²) in [7, 11) is 1.85. The molecule has 5 heteroatoms. The van der Waals surface area contributed by atoms with Crippen molar-refractivity contribution in [3.63, 3.8) is 0 Å². The second-order valence-electron chi connectivity index (χ2n) is 4.30. The van der Waals surface area contributed by atoms with Crippen molar-refractivity contribution in [2.45, 2.75) is 12.7 Å². The van der Waals surface area contributed by atoms with Crippen LogP contribution in [0.5, 0.6) is 11.5 Å². The molecule has 106 valence electrons. The maximum absolute atomic E-state index is 12.4. The Morgan fingerprint density at radius 3 is 1.85 bits per heavy atom. The van der Waals surface area contributed by atoms with Gasteiger partial charge in [0.05, 0.1) is 5.56 Å². The molecule has 0 saturated heterocycles. The summed E-state index contributed by atoms with van der Waals surface area (Å²) in [6.07, 6.45) is -4.33. The van der Waals surface area contributed by atoms with Crippen LogP contribution in [-0.2, 0) is 12.7 Å². The molecule has 20 heavy (non-hydrogen) atoms. The molecule has 0 aromatic heterocycles. The van der Waals surface area contributed by atoms with Crippen molar-refractivity contribution >= 4 is 0 Å². The van der Waals surface area contributed by atoms with E-state index >= 15 is 0 Å². The van der Waals surface area contributed by atoms with Gasteiger partial charge in [-0.25, -0.2) is 0 Å². The summed E-state index contributed by atoms with van der Waals surface area (Å²) < 4.78 is 42.7. The fourth-order valence-electron chi connectivity index (χ4n) is 1.73. The molecule has 2 aromatic carbocycles. The molecule has 0 atom stereocenters. The SMILES string of the molecule is CNCc1ccc(Oc2ccc(C(F)(F)F)cc2)cc1. The van der Waals surface area contributed by atoms with Crippen molar-refractivity contribution in [3.05, 3.63) is 59.7 Å². The van der Waals surface area contributed by atoms with Gasteiger partial charge < -0.3 is 10.1 Å². The number of ether oxygens (including phenoxy) is 1. The van der Waals surface area contributed by atoms with Crippen LogP contribution in [0.25, 0.3) is 0 Å². The lowest BCUT2D eigenvalue weighted by atomic mass is 10.2. The lowest BCUT2D eigenvalue weighted by molar-refractivity contribution is -0.137. The lowest BCUT2D eigenvalue weighted by Gasteiger charge is -2.09. The molecule has 0 aliphatic heterocycles. The Morgan fingerprint density at radius 1 is 0.900 bits per heavy atom. The van der Waals surface area contributed by atoms with Crippen molar-refractivity contribution in [2.24, 2.45) is 0 Å². The summed E-state index contributed by atoms with van der Waals surface area (Å²) in [6, 6.07) is 12.0. The molecule has 0 heterocycles. The molecule has 1 N–H and O–H groups in total. The van der Waals surface area contributed by atoms with Crippen molar-refractivity contribution < 1.29 is 17.9 Å². The molecule has 0 aliphatic rings. The number of rotatable bonds is 4. The van der Waals surface area contributed by atoms with Gasteiger partial charge in [0.1, 0.15) is 11.5 Å². The Labute approximate surface area is 115 Å². The summed E-state index contributed by atoms with van der Waals surface area (Å²) >= 11 is 0. The first-order valence-corrected chi connectivity index (χ1v) is 6.08. The molecule has 2 rings (SSSR count). The second kappa shape index (κ2) is 5.96. The normalized spacial score (nSPS) is 11.4. The van der Waals surface area contributed by atoms with E-state index in [-0.39, 0.29) is 0 Å². The molecule has 0 amide bonds. The van der Waals surface area contributed by atoms with Crippen LogP contribution in [-0.4, -0.2) is 7.05 Å². The van der Waals surface area contributed by atoms with E-state index in [1.165, 1.54) is 12.1 Å². The molecule has 2 nitrogen and oxygen atoms in total. The summed E-state index contributed by atoms with van der Waals surface area (Å²) in [4.78, 5) is 0. The van der Waals surface area contributed by atoms with Crippen LogP contribution in [0.1, 0.15) is 11.1 Å². The van der Waals surface area contributed by atoms with E-state index in [1.54, 1.807) is 12.1 Å². The first-order valence-electron chi connectivity index (χ1n) is 6.08. The van der Waals surface area contributed by atoms with Crippen LogP contribution < -0.4 is 10.1 Å². The van der Waals surface area contributed by atoms with Gasteiger partial charge in [0.25, 0.3) is 0 Å². The predicted octanol–water partition coefficient (Wildman–Crippen LogP) is 4.22. The van der Waals surface area contributed by atoms with Gasteiger partial charge >= 0.3 is 6.18 Å². The van der Waals surface area contributed by atoms with E-state index in [4.69, 9.17) is 4.74 Å². The lowest BCUT2D eigenvalue weighted by Crippen LogP contribution is -2.04. The van der Waals surface area contributed by atoms with E-state index in [9.17, 15) is 13.2 Å². The molecule has 0 saturated carbocycles. The number of hydrogen-bond acceptors (Lipinski definition) is 2. The van der Waals surface area contributed by atoms with E-state index in [2.05, 4.69) is 5.32 Å². The largest absolute Gasteiger partial charge is 0.457 e. The summed E-state index contributed by atoms with van der Waals surface area (Å²) in [5.74, 6) is 0.962. The predicted molar refractivity (Wildman–Crippen MR) is 70.7 cm³/mol. The van der Waals surface area contributed by atoms with Crippen molar-refractivity contribution in [1.29, 1.82) is 0 Å². The van der Waals surface area contributed by atoms with Gasteiger partial charge in [0, 0.05) is 6.54 Å². The molecule has 0 fully saturated rings. The quantitative estimate of drug-likeness (QED) is 0.906. The summed E-state index contributed by atoms with van der Waals surface area (Å²) in [6.45, 7) is 0.751. The van der Waals surface area contributed by atoms with Crippen molar-refractivity contribution in [2.75, 3.05) is 7.05 Å². The average molecular weight is 281 g/mol. The highest BCUT2D eigenvalue weighted by molar-refractivity contribution is 5.35. The molecule has 0 aliphatic carbocycles. The van der Waals surface area contributed by atoms with Crippen LogP contribution in [0.15, 0.2) is 48.5 Å². The number of alkyl halides is 3. The molecule has 2 aromatic rings. The third kappa shape index (κ3) is 3.74. The topological polar surface area (TPSA) is 21.3 Å². The zero-order chi connectivity index (χ0) is 14.6. The maximum atomic E-state index is 12.4. The average Bonchev–Trinajstić information content (AvgIpc) is 2.41. The van der Waals surface area contributed by atoms with Gasteiger partial charge in [-0.3, -0.25) is 0 Å². The third-order valence-electron chi connectivity index (χ3n) is 2.72. The third-order valence-corrected chi connectivity index (χ3v) is 2.72. The van der Waals surface area contributed by atoms with Crippen molar-refractivity contribution in [1.82, 2.24) is 5.32 Å². The van der Waals surface area contributed by atoms with E-state index in [0.717, 1.165) is 24.2 Å². The zero-order valence-corrected chi connectivity index (χ0v) is 10.9. The van der Waals surface area contributed by atoms with Gasteiger partial charge in [-0.15, -0.1) is 0 Å². The van der Waals surface area contributed by atoms with Gasteiger partial charge in [-0.05, 0) is 49.0 Å². The van der Waals surface area contributed by atoms with Crippen LogP contribution in [0.2, 0.25) is 0 Å². The number of halogens is 3. The Hall–Kier alpha value is -2.01. The highest BCUT2D eigenvalue weighted by atomic mass is 19.4. The summed E-state index contributed by atoms with van der Waals surface area (Å²) in [5.41, 5.74) is 0.418. The Kier molecular flexibility index (Phi) is 4.29. The Balaban J connectivity index is 2.06. The standard InChI is InChI=1S/C15H14F3NO/c1-19-10-11-2-6-13(7-3-11)20-14-8-4-12(5-9-14)15(16,17)18/h2-9,19H,10H2,1H3. The minimum absolute atomic E-state index is 0.374. The van der Waals surface area contributed by atoms with Crippen LogP contribution in [0, 0.1) is 0 Å². The molecule has 0 bridgehead atoms. The molecule has 0 radical (unpaired) electrons. The maximum Gasteiger partial charge on any atom is 0.416 e. The highest BCUT2D eigenvalue weighted by Gasteiger charge is 2.30.